The molecule has 1 nitrogen and oxygen atoms in total. The Labute approximate surface area is 99.3 Å². The van der Waals surface area contributed by atoms with Crippen LogP contribution in [-0.4, -0.2) is 6.04 Å². The molecule has 0 aromatic heterocycles. The van der Waals surface area contributed by atoms with Crippen LogP contribution in [0, 0.1) is 19.8 Å². The van der Waals surface area contributed by atoms with Gasteiger partial charge in [-0.1, -0.05) is 37.1 Å². The molecular weight excluding hydrogens is 194 g/mol. The molecule has 1 heteroatoms. The van der Waals surface area contributed by atoms with Gasteiger partial charge >= 0.3 is 0 Å². The minimum absolute atomic E-state index is 0.792. The van der Waals surface area contributed by atoms with E-state index < -0.39 is 0 Å². The summed E-state index contributed by atoms with van der Waals surface area (Å²) in [5, 5.41) is 3.68. The van der Waals surface area contributed by atoms with E-state index in [-0.39, 0.29) is 0 Å². The number of hydrogen-bond donors (Lipinski definition) is 1. The van der Waals surface area contributed by atoms with Crippen LogP contribution < -0.4 is 5.32 Å². The fourth-order valence-electron chi connectivity index (χ4n) is 2.42. The van der Waals surface area contributed by atoms with E-state index in [2.05, 4.69) is 44.3 Å². The van der Waals surface area contributed by atoms with E-state index in [1.165, 1.54) is 36.0 Å². The topological polar surface area (TPSA) is 12.0 Å². The monoisotopic (exact) mass is 217 g/mol. The zero-order valence-electron chi connectivity index (χ0n) is 10.7. The van der Waals surface area contributed by atoms with Gasteiger partial charge in [-0.2, -0.15) is 0 Å². The lowest BCUT2D eigenvalue weighted by molar-refractivity contribution is 0.598. The van der Waals surface area contributed by atoms with Gasteiger partial charge in [0.15, 0.2) is 0 Å². The summed E-state index contributed by atoms with van der Waals surface area (Å²) in [6, 6.07) is 7.51. The van der Waals surface area contributed by atoms with Crippen molar-refractivity contribution in [2.45, 2.75) is 52.6 Å². The summed E-state index contributed by atoms with van der Waals surface area (Å²) in [6.07, 6.45) is 4.11. The van der Waals surface area contributed by atoms with Crippen LogP contribution in [0.3, 0.4) is 0 Å². The molecule has 1 aromatic rings. The fourth-order valence-corrected chi connectivity index (χ4v) is 2.42. The van der Waals surface area contributed by atoms with Crippen molar-refractivity contribution >= 4 is 0 Å². The van der Waals surface area contributed by atoms with Gasteiger partial charge in [0.1, 0.15) is 0 Å². The second-order valence-corrected chi connectivity index (χ2v) is 5.20. The van der Waals surface area contributed by atoms with E-state index in [4.69, 9.17) is 0 Å². The zero-order chi connectivity index (χ0) is 11.5. The van der Waals surface area contributed by atoms with E-state index in [0.29, 0.717) is 0 Å². The van der Waals surface area contributed by atoms with E-state index in [1.807, 2.05) is 0 Å². The maximum Gasteiger partial charge on any atom is 0.0210 e. The first-order valence-electron chi connectivity index (χ1n) is 6.50. The molecule has 1 aliphatic carbocycles. The van der Waals surface area contributed by atoms with Crippen LogP contribution in [0.5, 0.6) is 0 Å². The normalized spacial score (nSPS) is 23.4. The molecule has 1 saturated carbocycles. The second kappa shape index (κ2) is 5.01. The molecule has 0 radical (unpaired) electrons. The lowest BCUT2D eigenvalue weighted by atomic mass is 10.1. The number of benzene rings is 1. The van der Waals surface area contributed by atoms with Gasteiger partial charge in [0.05, 0.1) is 0 Å². The average molecular weight is 217 g/mol. The maximum absolute atomic E-state index is 3.68. The Morgan fingerprint density at radius 1 is 1.31 bits per heavy atom. The predicted molar refractivity (Wildman–Crippen MR) is 69.6 cm³/mol. The predicted octanol–water partition coefficient (Wildman–Crippen LogP) is 3.58. The van der Waals surface area contributed by atoms with Crippen LogP contribution in [0.4, 0.5) is 0 Å². The molecule has 0 bridgehead atoms. The van der Waals surface area contributed by atoms with Gasteiger partial charge in [0.2, 0.25) is 0 Å². The molecule has 0 saturated heterocycles. The lowest BCUT2D eigenvalue weighted by Gasteiger charge is -2.08. The second-order valence-electron chi connectivity index (χ2n) is 5.20. The van der Waals surface area contributed by atoms with Crippen LogP contribution in [0.1, 0.15) is 42.9 Å². The first kappa shape index (κ1) is 11.7. The third-order valence-corrected chi connectivity index (χ3v) is 3.64. The molecule has 16 heavy (non-hydrogen) atoms. The van der Waals surface area contributed by atoms with E-state index in [1.54, 1.807) is 0 Å². The van der Waals surface area contributed by atoms with Crippen LogP contribution >= 0.6 is 0 Å². The van der Waals surface area contributed by atoms with Gasteiger partial charge in [-0.15, -0.1) is 0 Å². The van der Waals surface area contributed by atoms with Crippen LogP contribution in [-0.2, 0) is 6.54 Å². The van der Waals surface area contributed by atoms with Crippen molar-refractivity contribution in [2.24, 2.45) is 5.92 Å². The highest BCUT2D eigenvalue weighted by Crippen LogP contribution is 2.34. The van der Waals surface area contributed by atoms with Gasteiger partial charge < -0.3 is 5.32 Å². The molecule has 1 fully saturated rings. The Morgan fingerprint density at radius 2 is 2.12 bits per heavy atom. The van der Waals surface area contributed by atoms with Crippen LogP contribution in [0.25, 0.3) is 0 Å². The molecule has 1 aromatic carbocycles. The molecule has 0 amide bonds. The number of rotatable bonds is 5. The Kier molecular flexibility index (Phi) is 3.65. The summed E-state index contributed by atoms with van der Waals surface area (Å²) in [6.45, 7) is 7.69. The molecule has 2 rings (SSSR count). The summed E-state index contributed by atoms with van der Waals surface area (Å²) >= 11 is 0. The minimum Gasteiger partial charge on any atom is -0.310 e. The molecule has 2 unspecified atom stereocenters. The Bertz CT molecular complexity index is 356. The fraction of sp³-hybridized carbons (Fsp3) is 0.600. The highest BCUT2D eigenvalue weighted by Gasteiger charge is 2.35. The van der Waals surface area contributed by atoms with Crippen molar-refractivity contribution in [1.29, 1.82) is 0 Å². The molecule has 88 valence electrons. The Morgan fingerprint density at radius 3 is 2.88 bits per heavy atom. The lowest BCUT2D eigenvalue weighted by Crippen LogP contribution is -2.18. The third-order valence-electron chi connectivity index (χ3n) is 3.64. The van der Waals surface area contributed by atoms with Gasteiger partial charge in [-0.3, -0.25) is 0 Å². The van der Waals surface area contributed by atoms with Crippen molar-refractivity contribution in [3.63, 3.8) is 0 Å². The minimum atomic E-state index is 0.792. The standard InChI is InChI=1S/C15H23N/c1-4-5-13-9-15(13)16-10-14-8-11(2)6-7-12(14)3/h6-8,13,15-16H,4-5,9-10H2,1-3H3. The number of aryl methyl sites for hydroxylation is 2. The third kappa shape index (κ3) is 2.85. The van der Waals surface area contributed by atoms with Gasteiger partial charge in [-0.25, -0.2) is 0 Å². The van der Waals surface area contributed by atoms with Crippen LogP contribution in [0.15, 0.2) is 18.2 Å². The van der Waals surface area contributed by atoms with Gasteiger partial charge in [-0.05, 0) is 43.7 Å². The van der Waals surface area contributed by atoms with Gasteiger partial charge in [0.25, 0.3) is 0 Å². The maximum atomic E-state index is 3.68. The van der Waals surface area contributed by atoms with Crippen LogP contribution in [0.2, 0.25) is 0 Å². The molecule has 1 N–H and O–H groups in total. The van der Waals surface area contributed by atoms with E-state index >= 15 is 0 Å². The van der Waals surface area contributed by atoms with Crippen molar-refractivity contribution in [2.75, 3.05) is 0 Å². The summed E-state index contributed by atoms with van der Waals surface area (Å²) in [7, 11) is 0. The Hall–Kier alpha value is -0.820. The SMILES string of the molecule is CCCC1CC1NCc1cc(C)ccc1C. The summed E-state index contributed by atoms with van der Waals surface area (Å²) in [5.74, 6) is 0.954. The first-order valence-corrected chi connectivity index (χ1v) is 6.50. The van der Waals surface area contributed by atoms with Crippen molar-refractivity contribution in [1.82, 2.24) is 5.32 Å². The zero-order valence-corrected chi connectivity index (χ0v) is 10.7. The highest BCUT2D eigenvalue weighted by atomic mass is 15.0. The van der Waals surface area contributed by atoms with E-state index in [0.717, 1.165) is 18.5 Å². The van der Waals surface area contributed by atoms with Gasteiger partial charge in [0, 0.05) is 12.6 Å². The first-order chi connectivity index (χ1) is 7.70. The summed E-state index contributed by atoms with van der Waals surface area (Å²) in [5.41, 5.74) is 4.23. The number of hydrogen-bond acceptors (Lipinski definition) is 1. The van der Waals surface area contributed by atoms with Crippen molar-refractivity contribution < 1.29 is 0 Å². The molecule has 0 aliphatic heterocycles. The Balaban J connectivity index is 1.84. The molecule has 1 aliphatic rings. The van der Waals surface area contributed by atoms with E-state index in [9.17, 15) is 0 Å². The molecule has 0 spiro atoms. The molecular formula is C15H23N. The summed E-state index contributed by atoms with van der Waals surface area (Å²) < 4.78 is 0. The largest absolute Gasteiger partial charge is 0.310 e. The average Bonchev–Trinajstić information content (AvgIpc) is 2.99. The molecule has 2 atom stereocenters. The molecule has 0 heterocycles. The quantitative estimate of drug-likeness (QED) is 0.795. The smallest absolute Gasteiger partial charge is 0.0210 e. The van der Waals surface area contributed by atoms with Crippen molar-refractivity contribution in [3.05, 3.63) is 34.9 Å². The summed E-state index contributed by atoms with van der Waals surface area (Å²) in [4.78, 5) is 0. The number of nitrogens with one attached hydrogen (secondary N) is 1. The highest BCUT2D eigenvalue weighted by molar-refractivity contribution is 5.30. The van der Waals surface area contributed by atoms with Crippen molar-refractivity contribution in [3.8, 4) is 0 Å².